The fourth-order valence-electron chi connectivity index (χ4n) is 2.15. The van der Waals surface area contributed by atoms with Gasteiger partial charge in [0.05, 0.1) is 13.2 Å². The number of rotatable bonds is 4. The maximum absolute atomic E-state index is 12.0. The summed E-state index contributed by atoms with van der Waals surface area (Å²) in [7, 11) is 1.91. The number of hydrogen-bond donors (Lipinski definition) is 0. The molecule has 0 spiro atoms. The van der Waals surface area contributed by atoms with Crippen molar-refractivity contribution in [3.05, 3.63) is 23.8 Å². The van der Waals surface area contributed by atoms with E-state index < -0.39 is 5.54 Å². The molecule has 0 amide bonds. The third-order valence-electron chi connectivity index (χ3n) is 3.67. The molecule has 0 bridgehead atoms. The van der Waals surface area contributed by atoms with Gasteiger partial charge in [-0.1, -0.05) is 0 Å². The maximum atomic E-state index is 12.0. The predicted octanol–water partition coefficient (Wildman–Crippen LogP) is 2.40. The first kappa shape index (κ1) is 13.7. The summed E-state index contributed by atoms with van der Waals surface area (Å²) in [6, 6.07) is 6.03. The number of hydrogen-bond acceptors (Lipinski definition) is 4. The van der Waals surface area contributed by atoms with Gasteiger partial charge in [-0.25, -0.2) is 4.79 Å². The number of carbonyl (C=O) groups is 1. The van der Waals surface area contributed by atoms with Crippen LogP contribution in [0.5, 0.6) is 5.75 Å². The molecule has 0 saturated carbocycles. The minimum absolute atomic E-state index is 0.214. The van der Waals surface area contributed by atoms with Crippen molar-refractivity contribution < 1.29 is 14.3 Å². The van der Waals surface area contributed by atoms with Crippen LogP contribution in [0.25, 0.3) is 0 Å². The third-order valence-corrected chi connectivity index (χ3v) is 3.67. The number of benzene rings is 1. The molecular weight excluding hydrogens is 242 g/mol. The van der Waals surface area contributed by atoms with E-state index in [1.165, 1.54) is 5.56 Å². The normalized spacial score (nSPS) is 13.7. The van der Waals surface area contributed by atoms with E-state index >= 15 is 0 Å². The van der Waals surface area contributed by atoms with E-state index in [1.54, 1.807) is 0 Å². The van der Waals surface area contributed by atoms with Crippen molar-refractivity contribution in [2.75, 3.05) is 25.2 Å². The Balaban J connectivity index is 2.23. The topological polar surface area (TPSA) is 38.8 Å². The first-order valence-electron chi connectivity index (χ1n) is 6.63. The molecule has 4 heteroatoms. The number of carbonyl (C=O) groups excluding carboxylic acids is 1. The van der Waals surface area contributed by atoms with Crippen molar-refractivity contribution in [1.82, 2.24) is 0 Å². The van der Waals surface area contributed by atoms with Crippen molar-refractivity contribution >= 4 is 11.7 Å². The molecule has 104 valence electrons. The molecule has 19 heavy (non-hydrogen) atoms. The molecule has 0 unspecified atom stereocenters. The highest BCUT2D eigenvalue weighted by molar-refractivity contribution is 5.84. The van der Waals surface area contributed by atoms with Crippen LogP contribution in [0.3, 0.4) is 0 Å². The zero-order chi connectivity index (χ0) is 14.0. The smallest absolute Gasteiger partial charge is 0.331 e. The van der Waals surface area contributed by atoms with Gasteiger partial charge >= 0.3 is 5.97 Å². The van der Waals surface area contributed by atoms with Crippen LogP contribution in [-0.4, -0.2) is 31.8 Å². The van der Waals surface area contributed by atoms with Crippen molar-refractivity contribution in [3.8, 4) is 5.75 Å². The predicted molar refractivity (Wildman–Crippen MR) is 74.8 cm³/mol. The Labute approximate surface area is 114 Å². The lowest BCUT2D eigenvalue weighted by molar-refractivity contribution is -0.148. The first-order chi connectivity index (χ1) is 8.96. The highest BCUT2D eigenvalue weighted by Crippen LogP contribution is 2.31. The number of anilines is 1. The van der Waals surface area contributed by atoms with Crippen molar-refractivity contribution in [3.63, 3.8) is 0 Å². The van der Waals surface area contributed by atoms with Crippen molar-refractivity contribution in [2.45, 2.75) is 32.7 Å². The standard InChI is InChI=1S/C15H21NO3/c1-5-18-14(17)15(2,3)16(4)12-6-7-13-11(10-12)8-9-19-13/h6-7,10H,5,8-9H2,1-4H3. The largest absolute Gasteiger partial charge is 0.493 e. The Morgan fingerprint density at radius 3 is 2.89 bits per heavy atom. The lowest BCUT2D eigenvalue weighted by atomic mass is 10.0. The first-order valence-corrected chi connectivity index (χ1v) is 6.63. The minimum Gasteiger partial charge on any atom is -0.493 e. The van der Waals surface area contributed by atoms with Crippen molar-refractivity contribution in [2.24, 2.45) is 0 Å². The molecule has 1 heterocycles. The second-order valence-corrected chi connectivity index (χ2v) is 5.23. The van der Waals surface area contributed by atoms with Gasteiger partial charge in [-0.3, -0.25) is 0 Å². The number of esters is 1. The minimum atomic E-state index is -0.691. The number of ether oxygens (including phenoxy) is 2. The summed E-state index contributed by atoms with van der Waals surface area (Å²) in [5.74, 6) is 0.736. The summed E-state index contributed by atoms with van der Waals surface area (Å²) < 4.78 is 10.6. The molecule has 0 atom stereocenters. The summed E-state index contributed by atoms with van der Waals surface area (Å²) in [6.45, 7) is 6.70. The zero-order valence-corrected chi connectivity index (χ0v) is 12.0. The van der Waals surface area contributed by atoms with Crippen LogP contribution >= 0.6 is 0 Å². The van der Waals surface area contributed by atoms with Gasteiger partial charge in [0.1, 0.15) is 11.3 Å². The van der Waals surface area contributed by atoms with Gasteiger partial charge in [-0.2, -0.15) is 0 Å². The molecule has 0 saturated heterocycles. The van der Waals surface area contributed by atoms with E-state index in [0.29, 0.717) is 6.61 Å². The highest BCUT2D eigenvalue weighted by atomic mass is 16.5. The quantitative estimate of drug-likeness (QED) is 0.782. The molecule has 4 nitrogen and oxygen atoms in total. The van der Waals surface area contributed by atoms with E-state index in [4.69, 9.17) is 9.47 Å². The van der Waals surface area contributed by atoms with Crippen LogP contribution in [0.2, 0.25) is 0 Å². The SMILES string of the molecule is CCOC(=O)C(C)(C)N(C)c1ccc2c(c1)CCO2. The van der Waals surface area contributed by atoms with Crippen LogP contribution in [0.4, 0.5) is 5.69 Å². The van der Waals surface area contributed by atoms with E-state index in [2.05, 4.69) is 6.07 Å². The van der Waals surface area contributed by atoms with Gasteiger partial charge in [-0.15, -0.1) is 0 Å². The van der Waals surface area contributed by atoms with Crippen LogP contribution in [0, 0.1) is 0 Å². The summed E-state index contributed by atoms with van der Waals surface area (Å²) in [5.41, 5.74) is 1.51. The van der Waals surface area contributed by atoms with Crippen LogP contribution in [0.15, 0.2) is 18.2 Å². The molecule has 2 rings (SSSR count). The average molecular weight is 263 g/mol. The Morgan fingerprint density at radius 2 is 2.21 bits per heavy atom. The summed E-state index contributed by atoms with van der Waals surface area (Å²) >= 11 is 0. The fourth-order valence-corrected chi connectivity index (χ4v) is 2.15. The van der Waals surface area contributed by atoms with Crippen molar-refractivity contribution in [1.29, 1.82) is 0 Å². The zero-order valence-electron chi connectivity index (χ0n) is 12.0. The van der Waals surface area contributed by atoms with Gasteiger partial charge in [0.2, 0.25) is 0 Å². The molecule has 1 aliphatic rings. The van der Waals surface area contributed by atoms with E-state index in [1.807, 2.05) is 44.9 Å². The fraction of sp³-hybridized carbons (Fsp3) is 0.533. The second-order valence-electron chi connectivity index (χ2n) is 5.23. The maximum Gasteiger partial charge on any atom is 0.331 e. The van der Waals surface area contributed by atoms with Crippen LogP contribution in [-0.2, 0) is 16.0 Å². The Morgan fingerprint density at radius 1 is 1.47 bits per heavy atom. The van der Waals surface area contributed by atoms with E-state index in [0.717, 1.165) is 24.5 Å². The Kier molecular flexibility index (Phi) is 3.69. The average Bonchev–Trinajstić information content (AvgIpc) is 2.85. The van der Waals surface area contributed by atoms with Crippen LogP contribution < -0.4 is 9.64 Å². The lowest BCUT2D eigenvalue weighted by Gasteiger charge is -2.35. The van der Waals surface area contributed by atoms with Gasteiger partial charge in [-0.05, 0) is 44.5 Å². The molecule has 0 N–H and O–H groups in total. The lowest BCUT2D eigenvalue weighted by Crippen LogP contribution is -2.49. The van der Waals surface area contributed by atoms with E-state index in [9.17, 15) is 4.79 Å². The number of nitrogens with zero attached hydrogens (tertiary/aromatic N) is 1. The molecular formula is C15H21NO3. The molecule has 0 fully saturated rings. The van der Waals surface area contributed by atoms with Gasteiger partial charge in [0.15, 0.2) is 0 Å². The molecule has 1 aromatic rings. The van der Waals surface area contributed by atoms with Gasteiger partial charge in [0.25, 0.3) is 0 Å². The third kappa shape index (κ3) is 2.53. The Hall–Kier alpha value is -1.71. The highest BCUT2D eigenvalue weighted by Gasteiger charge is 2.34. The second kappa shape index (κ2) is 5.11. The van der Waals surface area contributed by atoms with Gasteiger partial charge in [0, 0.05) is 19.2 Å². The van der Waals surface area contributed by atoms with E-state index in [-0.39, 0.29) is 5.97 Å². The monoisotopic (exact) mass is 263 g/mol. The molecule has 0 aromatic heterocycles. The summed E-state index contributed by atoms with van der Waals surface area (Å²) in [6.07, 6.45) is 0.927. The van der Waals surface area contributed by atoms with Gasteiger partial charge < -0.3 is 14.4 Å². The molecule has 1 aromatic carbocycles. The summed E-state index contributed by atoms with van der Waals surface area (Å²) in [4.78, 5) is 14.0. The number of fused-ring (bicyclic) bond motifs is 1. The molecule has 0 radical (unpaired) electrons. The van der Waals surface area contributed by atoms with Crippen LogP contribution in [0.1, 0.15) is 26.3 Å². The molecule has 0 aliphatic carbocycles. The Bertz CT molecular complexity index is 482. The molecule has 1 aliphatic heterocycles. The number of likely N-dealkylation sites (N-methyl/N-ethyl adjacent to an activating group) is 1. The summed E-state index contributed by atoms with van der Waals surface area (Å²) in [5, 5.41) is 0.